The van der Waals surface area contributed by atoms with Crippen molar-refractivity contribution >= 4 is 16.9 Å². The number of hydrogen-bond donors (Lipinski definition) is 2. The number of pyridine rings is 1. The Bertz CT molecular complexity index is 803. The fourth-order valence-corrected chi connectivity index (χ4v) is 2.99. The molecule has 3 aromatic rings. The normalized spacial score (nSPS) is 18.5. The van der Waals surface area contributed by atoms with Gasteiger partial charge in [0, 0.05) is 49.4 Å². The first-order chi connectivity index (χ1) is 11.4. The van der Waals surface area contributed by atoms with Gasteiger partial charge in [-0.2, -0.15) is 0 Å². The van der Waals surface area contributed by atoms with Crippen molar-refractivity contribution in [1.82, 2.24) is 19.9 Å². The van der Waals surface area contributed by atoms with Crippen molar-refractivity contribution in [2.24, 2.45) is 5.73 Å². The van der Waals surface area contributed by atoms with Crippen LogP contribution in [0.25, 0.3) is 22.2 Å². The molecule has 4 heterocycles. The van der Waals surface area contributed by atoms with E-state index in [-0.39, 0.29) is 6.10 Å². The van der Waals surface area contributed by atoms with Crippen molar-refractivity contribution in [1.29, 1.82) is 0 Å². The van der Waals surface area contributed by atoms with Crippen LogP contribution in [-0.4, -0.2) is 52.3 Å². The van der Waals surface area contributed by atoms with Gasteiger partial charge >= 0.3 is 0 Å². The van der Waals surface area contributed by atoms with Gasteiger partial charge in [0.05, 0.1) is 18.1 Å². The number of nitrogens with zero attached hydrogens (tertiary/aromatic N) is 4. The first-order valence-corrected chi connectivity index (χ1v) is 7.66. The summed E-state index contributed by atoms with van der Waals surface area (Å²) in [5.41, 5.74) is 8.68. The van der Waals surface area contributed by atoms with Crippen molar-refractivity contribution in [2.75, 3.05) is 31.1 Å². The molecule has 3 aromatic heterocycles. The Labute approximate surface area is 133 Å². The Balaban J connectivity index is 1.82. The highest BCUT2D eigenvalue weighted by molar-refractivity contribution is 6.01. The summed E-state index contributed by atoms with van der Waals surface area (Å²) >= 11 is 0. The van der Waals surface area contributed by atoms with Gasteiger partial charge in [-0.3, -0.25) is 4.98 Å². The average molecular weight is 310 g/mol. The molecule has 7 nitrogen and oxygen atoms in total. The highest BCUT2D eigenvalue weighted by Crippen LogP contribution is 2.33. The molecule has 1 saturated heterocycles. The number of H-pyrrole nitrogens is 1. The molecule has 0 aliphatic carbocycles. The number of nitrogens with one attached hydrogen (secondary N) is 1. The topological polar surface area (TPSA) is 93.0 Å². The molecule has 0 aromatic carbocycles. The number of ether oxygens (including phenoxy) is 1. The third-order valence-corrected chi connectivity index (χ3v) is 4.12. The van der Waals surface area contributed by atoms with E-state index in [2.05, 4.69) is 24.8 Å². The number of hydrogen-bond acceptors (Lipinski definition) is 6. The van der Waals surface area contributed by atoms with Gasteiger partial charge in [-0.25, -0.2) is 9.97 Å². The zero-order valence-corrected chi connectivity index (χ0v) is 12.6. The number of anilines is 1. The molecule has 0 saturated carbocycles. The van der Waals surface area contributed by atoms with Crippen LogP contribution < -0.4 is 10.6 Å². The maximum Gasteiger partial charge on any atom is 0.143 e. The Kier molecular flexibility index (Phi) is 3.64. The standard InChI is InChI=1S/C16H18N6O/c17-6-12-9-22(4-5-23-12)16-14-13(11-2-1-3-18-7-11)8-19-15(14)20-10-21-16/h1-3,7-8,10,12H,4-6,9,17H2,(H,19,20,21). The van der Waals surface area contributed by atoms with E-state index in [9.17, 15) is 0 Å². The number of rotatable bonds is 3. The van der Waals surface area contributed by atoms with Gasteiger partial charge in [0.15, 0.2) is 0 Å². The molecule has 4 rings (SSSR count). The molecule has 7 heteroatoms. The Hall–Kier alpha value is -2.51. The zero-order chi connectivity index (χ0) is 15.6. The third-order valence-electron chi connectivity index (χ3n) is 4.12. The lowest BCUT2D eigenvalue weighted by Crippen LogP contribution is -2.46. The van der Waals surface area contributed by atoms with Crippen LogP contribution in [0.4, 0.5) is 5.82 Å². The number of aromatic nitrogens is 4. The van der Waals surface area contributed by atoms with E-state index in [1.165, 1.54) is 0 Å². The highest BCUT2D eigenvalue weighted by Gasteiger charge is 2.24. The highest BCUT2D eigenvalue weighted by atomic mass is 16.5. The maximum atomic E-state index is 5.76. The first kappa shape index (κ1) is 14.1. The third kappa shape index (κ3) is 2.54. The number of fused-ring (bicyclic) bond motifs is 1. The molecule has 1 unspecified atom stereocenters. The Morgan fingerprint density at radius 1 is 1.39 bits per heavy atom. The van der Waals surface area contributed by atoms with Gasteiger partial charge in [0.1, 0.15) is 17.8 Å². The summed E-state index contributed by atoms with van der Waals surface area (Å²) < 4.78 is 5.66. The largest absolute Gasteiger partial charge is 0.373 e. The predicted molar refractivity (Wildman–Crippen MR) is 88.1 cm³/mol. The van der Waals surface area contributed by atoms with Crippen LogP contribution in [-0.2, 0) is 4.74 Å². The van der Waals surface area contributed by atoms with Crippen LogP contribution in [0.2, 0.25) is 0 Å². The molecule has 0 spiro atoms. The minimum Gasteiger partial charge on any atom is -0.373 e. The van der Waals surface area contributed by atoms with Crippen LogP contribution >= 0.6 is 0 Å². The van der Waals surface area contributed by atoms with Crippen molar-refractivity contribution in [2.45, 2.75) is 6.10 Å². The maximum absolute atomic E-state index is 5.76. The molecule has 118 valence electrons. The molecule has 1 aliphatic heterocycles. The fourth-order valence-electron chi connectivity index (χ4n) is 2.99. The molecular formula is C16H18N6O. The van der Waals surface area contributed by atoms with E-state index < -0.39 is 0 Å². The molecule has 1 atom stereocenters. The van der Waals surface area contributed by atoms with Gasteiger partial charge < -0.3 is 20.4 Å². The predicted octanol–water partition coefficient (Wildman–Crippen LogP) is 1.18. The van der Waals surface area contributed by atoms with Crippen molar-refractivity contribution in [3.05, 3.63) is 37.1 Å². The number of aromatic amines is 1. The minimum atomic E-state index is 0.0366. The van der Waals surface area contributed by atoms with Crippen molar-refractivity contribution in [3.63, 3.8) is 0 Å². The van der Waals surface area contributed by atoms with Crippen molar-refractivity contribution in [3.8, 4) is 11.1 Å². The van der Waals surface area contributed by atoms with E-state index in [0.29, 0.717) is 13.2 Å². The molecule has 0 bridgehead atoms. The summed E-state index contributed by atoms with van der Waals surface area (Å²) in [4.78, 5) is 18.5. The van der Waals surface area contributed by atoms with E-state index in [1.54, 1.807) is 12.5 Å². The molecular weight excluding hydrogens is 292 g/mol. The van der Waals surface area contributed by atoms with E-state index in [4.69, 9.17) is 10.5 Å². The average Bonchev–Trinajstić information content (AvgIpc) is 3.06. The Morgan fingerprint density at radius 3 is 3.17 bits per heavy atom. The molecule has 1 fully saturated rings. The smallest absolute Gasteiger partial charge is 0.143 e. The molecule has 23 heavy (non-hydrogen) atoms. The second-order valence-electron chi connectivity index (χ2n) is 5.54. The second-order valence-corrected chi connectivity index (χ2v) is 5.54. The summed E-state index contributed by atoms with van der Waals surface area (Å²) in [6.45, 7) is 2.69. The SMILES string of the molecule is NCC1CN(c2ncnc3[nH]cc(-c4cccnc4)c23)CCO1. The van der Waals surface area contributed by atoms with E-state index in [0.717, 1.165) is 41.1 Å². The van der Waals surface area contributed by atoms with E-state index in [1.807, 2.05) is 24.5 Å². The minimum absolute atomic E-state index is 0.0366. The van der Waals surface area contributed by atoms with Gasteiger partial charge in [0.25, 0.3) is 0 Å². The number of nitrogens with two attached hydrogens (primary N) is 1. The molecule has 1 aliphatic rings. The molecule has 0 amide bonds. The summed E-state index contributed by atoms with van der Waals surface area (Å²) in [6.07, 6.45) is 7.20. The molecule has 0 radical (unpaired) electrons. The quantitative estimate of drug-likeness (QED) is 0.754. The first-order valence-electron chi connectivity index (χ1n) is 7.66. The van der Waals surface area contributed by atoms with Crippen LogP contribution in [0.3, 0.4) is 0 Å². The van der Waals surface area contributed by atoms with Gasteiger partial charge in [-0.1, -0.05) is 6.07 Å². The summed E-state index contributed by atoms with van der Waals surface area (Å²) in [7, 11) is 0. The summed E-state index contributed by atoms with van der Waals surface area (Å²) in [5, 5.41) is 1.01. The van der Waals surface area contributed by atoms with Crippen LogP contribution in [0.5, 0.6) is 0 Å². The monoisotopic (exact) mass is 310 g/mol. The summed E-state index contributed by atoms with van der Waals surface area (Å²) in [6, 6.07) is 3.96. The van der Waals surface area contributed by atoms with E-state index >= 15 is 0 Å². The fraction of sp³-hybridized carbons (Fsp3) is 0.312. The lowest BCUT2D eigenvalue weighted by molar-refractivity contribution is 0.0464. The van der Waals surface area contributed by atoms with Gasteiger partial charge in [-0.05, 0) is 6.07 Å². The lowest BCUT2D eigenvalue weighted by Gasteiger charge is -2.33. The number of morpholine rings is 1. The summed E-state index contributed by atoms with van der Waals surface area (Å²) in [5.74, 6) is 0.914. The van der Waals surface area contributed by atoms with Crippen LogP contribution in [0.15, 0.2) is 37.1 Å². The Morgan fingerprint density at radius 2 is 2.35 bits per heavy atom. The van der Waals surface area contributed by atoms with Crippen LogP contribution in [0.1, 0.15) is 0 Å². The van der Waals surface area contributed by atoms with Gasteiger partial charge in [-0.15, -0.1) is 0 Å². The lowest BCUT2D eigenvalue weighted by atomic mass is 10.1. The van der Waals surface area contributed by atoms with Crippen molar-refractivity contribution < 1.29 is 4.74 Å². The van der Waals surface area contributed by atoms with Crippen LogP contribution in [0, 0.1) is 0 Å². The molecule has 3 N–H and O–H groups in total. The zero-order valence-electron chi connectivity index (χ0n) is 12.6. The second kappa shape index (κ2) is 5.94. The van der Waals surface area contributed by atoms with Gasteiger partial charge in [0.2, 0.25) is 0 Å².